The number of carbonyl (C=O) groups excluding carboxylic acids is 1. The van der Waals surface area contributed by atoms with E-state index in [0.717, 1.165) is 25.8 Å². The van der Waals surface area contributed by atoms with Crippen LogP contribution in [0, 0.1) is 0 Å². The smallest absolute Gasteiger partial charge is 0.219 e. The molecular weight excluding hydrogens is 602 g/mol. The van der Waals surface area contributed by atoms with E-state index in [0.29, 0.717) is 19.6 Å². The van der Waals surface area contributed by atoms with Crippen molar-refractivity contribution in [2.75, 3.05) is 19.8 Å². The Morgan fingerprint density at radius 3 is 0.959 bits per heavy atom. The van der Waals surface area contributed by atoms with Gasteiger partial charge >= 0.3 is 0 Å². The van der Waals surface area contributed by atoms with Crippen molar-refractivity contribution >= 4 is 5.91 Å². The zero-order valence-electron chi connectivity index (χ0n) is 33.5. The van der Waals surface area contributed by atoms with Crippen LogP contribution in [0.25, 0.3) is 0 Å². The average Bonchev–Trinajstić information content (AvgIpc) is 3.64. The summed E-state index contributed by atoms with van der Waals surface area (Å²) in [4.78, 5) is 11.9. The fraction of sp³-hybridized carbons (Fsp3) is 0.978. The van der Waals surface area contributed by atoms with E-state index in [9.17, 15) is 4.79 Å². The van der Waals surface area contributed by atoms with Gasteiger partial charge in [-0.25, -0.2) is 0 Å². The molecule has 1 aliphatic heterocycles. The van der Waals surface area contributed by atoms with Crippen LogP contribution in [0.15, 0.2) is 0 Å². The maximum Gasteiger partial charge on any atom is 0.219 e. The minimum absolute atomic E-state index is 0.0513. The molecule has 0 aliphatic carbocycles. The van der Waals surface area contributed by atoms with Crippen LogP contribution < -0.4 is 5.32 Å². The van der Waals surface area contributed by atoms with E-state index >= 15 is 0 Å². The normalized spacial score (nSPS) is 13.5. The standard InChI is InChI=1S/C45H89NO3/c1-2-3-4-5-6-7-8-9-10-11-12-13-14-15-16-17-18-19-20-21-22-23-24-25-26-27-28-29-30-31-32-33-34-35-36-37-39-44(47)46-41-38-40-45-48-42-43-49-45/h45H,2-43H2,1H3,(H,46,47). The Morgan fingerprint density at radius 1 is 0.408 bits per heavy atom. The van der Waals surface area contributed by atoms with Crippen LogP contribution in [-0.4, -0.2) is 32.0 Å². The molecule has 1 fully saturated rings. The van der Waals surface area contributed by atoms with Crippen LogP contribution in [0.2, 0.25) is 0 Å². The van der Waals surface area contributed by atoms with E-state index < -0.39 is 0 Å². The number of hydrogen-bond acceptors (Lipinski definition) is 3. The van der Waals surface area contributed by atoms with E-state index in [-0.39, 0.29) is 12.2 Å². The Morgan fingerprint density at radius 2 is 0.673 bits per heavy atom. The van der Waals surface area contributed by atoms with Crippen molar-refractivity contribution in [3.8, 4) is 0 Å². The van der Waals surface area contributed by atoms with Crippen LogP contribution in [0.3, 0.4) is 0 Å². The largest absolute Gasteiger partial charge is 0.356 e. The van der Waals surface area contributed by atoms with Crippen LogP contribution >= 0.6 is 0 Å². The first kappa shape index (κ1) is 46.4. The third-order valence-corrected chi connectivity index (χ3v) is 10.9. The molecule has 0 aromatic heterocycles. The highest BCUT2D eigenvalue weighted by atomic mass is 16.7. The molecule has 0 aromatic rings. The van der Waals surface area contributed by atoms with E-state index in [1.165, 1.54) is 225 Å². The summed E-state index contributed by atoms with van der Waals surface area (Å²) in [7, 11) is 0. The number of hydrogen-bond donors (Lipinski definition) is 1. The first-order valence-electron chi connectivity index (χ1n) is 22.8. The van der Waals surface area contributed by atoms with Crippen molar-refractivity contribution in [3.63, 3.8) is 0 Å². The molecule has 49 heavy (non-hydrogen) atoms. The van der Waals surface area contributed by atoms with Crippen molar-refractivity contribution in [2.45, 2.75) is 264 Å². The average molecular weight is 692 g/mol. The zero-order chi connectivity index (χ0) is 35.0. The molecule has 1 saturated heterocycles. The number of nitrogens with one attached hydrogen (secondary N) is 1. The summed E-state index contributed by atoms with van der Waals surface area (Å²) < 4.78 is 10.8. The molecule has 4 nitrogen and oxygen atoms in total. The van der Waals surface area contributed by atoms with Crippen molar-refractivity contribution in [2.24, 2.45) is 0 Å². The maximum atomic E-state index is 11.9. The molecule has 1 amide bonds. The molecule has 1 rings (SSSR count). The van der Waals surface area contributed by atoms with Gasteiger partial charge in [-0.3, -0.25) is 4.79 Å². The molecule has 4 heteroatoms. The van der Waals surface area contributed by atoms with Crippen LogP contribution in [0.5, 0.6) is 0 Å². The Bertz CT molecular complexity index is 635. The lowest BCUT2D eigenvalue weighted by atomic mass is 10.0. The fourth-order valence-electron chi connectivity index (χ4n) is 7.53. The number of amides is 1. The Balaban J connectivity index is 1.61. The van der Waals surface area contributed by atoms with E-state index in [2.05, 4.69) is 12.2 Å². The second-order valence-corrected chi connectivity index (χ2v) is 15.8. The molecule has 0 unspecified atom stereocenters. The first-order valence-corrected chi connectivity index (χ1v) is 22.8. The first-order chi connectivity index (χ1) is 24.3. The number of rotatable bonds is 41. The van der Waals surface area contributed by atoms with Gasteiger partial charge in [0, 0.05) is 19.4 Å². The highest BCUT2D eigenvalue weighted by molar-refractivity contribution is 5.75. The molecule has 0 spiro atoms. The van der Waals surface area contributed by atoms with Crippen molar-refractivity contribution in [1.82, 2.24) is 5.32 Å². The summed E-state index contributed by atoms with van der Waals surface area (Å²) in [5.74, 6) is 0.203. The van der Waals surface area contributed by atoms with Crippen molar-refractivity contribution in [3.05, 3.63) is 0 Å². The van der Waals surface area contributed by atoms with Gasteiger partial charge in [0.1, 0.15) is 0 Å². The summed E-state index contributed by atoms with van der Waals surface area (Å²) in [6.07, 6.45) is 54.0. The molecule has 292 valence electrons. The molecule has 0 atom stereocenters. The Labute approximate surface area is 308 Å². The minimum Gasteiger partial charge on any atom is -0.356 e. The highest BCUT2D eigenvalue weighted by Crippen LogP contribution is 2.17. The van der Waals surface area contributed by atoms with Gasteiger partial charge in [0.05, 0.1) is 13.2 Å². The predicted molar refractivity (Wildman–Crippen MR) is 214 cm³/mol. The van der Waals surface area contributed by atoms with Crippen LogP contribution in [0.1, 0.15) is 257 Å². The van der Waals surface area contributed by atoms with Gasteiger partial charge in [-0.2, -0.15) is 0 Å². The van der Waals surface area contributed by atoms with E-state index in [1.807, 2.05) is 0 Å². The van der Waals surface area contributed by atoms with Gasteiger partial charge in [-0.15, -0.1) is 0 Å². The fourth-order valence-corrected chi connectivity index (χ4v) is 7.53. The summed E-state index contributed by atoms with van der Waals surface area (Å²) >= 11 is 0. The van der Waals surface area contributed by atoms with Gasteiger partial charge in [-0.05, 0) is 12.8 Å². The Kier molecular flexibility index (Phi) is 38.0. The third kappa shape index (κ3) is 37.0. The van der Waals surface area contributed by atoms with E-state index in [4.69, 9.17) is 9.47 Å². The molecule has 1 aliphatic rings. The molecule has 0 radical (unpaired) electrons. The molecule has 0 saturated carbocycles. The second kappa shape index (κ2) is 40.2. The summed E-state index contributed by atoms with van der Waals surface area (Å²) in [5, 5.41) is 3.03. The van der Waals surface area contributed by atoms with Crippen LogP contribution in [-0.2, 0) is 14.3 Å². The summed E-state index contributed by atoms with van der Waals surface area (Å²) in [6, 6.07) is 0. The topological polar surface area (TPSA) is 47.6 Å². The number of ether oxygens (including phenoxy) is 2. The number of unbranched alkanes of at least 4 members (excludes halogenated alkanes) is 35. The maximum absolute atomic E-state index is 11.9. The Hall–Kier alpha value is -0.610. The van der Waals surface area contributed by atoms with Crippen LogP contribution in [0.4, 0.5) is 0 Å². The van der Waals surface area contributed by atoms with Gasteiger partial charge in [0.2, 0.25) is 5.91 Å². The molecule has 1 N–H and O–H groups in total. The lowest BCUT2D eigenvalue weighted by Crippen LogP contribution is -2.25. The van der Waals surface area contributed by atoms with E-state index in [1.54, 1.807) is 0 Å². The summed E-state index contributed by atoms with van der Waals surface area (Å²) in [6.45, 7) is 4.45. The van der Waals surface area contributed by atoms with Crippen molar-refractivity contribution < 1.29 is 14.3 Å². The molecule has 0 aromatic carbocycles. The predicted octanol–water partition coefficient (Wildman–Crippen LogP) is 14.7. The monoisotopic (exact) mass is 692 g/mol. The second-order valence-electron chi connectivity index (χ2n) is 15.8. The lowest BCUT2D eigenvalue weighted by molar-refractivity contribution is -0.121. The number of carbonyl (C=O) groups is 1. The van der Waals surface area contributed by atoms with Gasteiger partial charge in [0.15, 0.2) is 6.29 Å². The minimum atomic E-state index is -0.0513. The van der Waals surface area contributed by atoms with Crippen molar-refractivity contribution in [1.29, 1.82) is 0 Å². The highest BCUT2D eigenvalue weighted by Gasteiger charge is 2.14. The van der Waals surface area contributed by atoms with Gasteiger partial charge in [0.25, 0.3) is 0 Å². The quantitative estimate of drug-likeness (QED) is 0.0649. The third-order valence-electron chi connectivity index (χ3n) is 10.9. The summed E-state index contributed by atoms with van der Waals surface area (Å²) in [5.41, 5.74) is 0. The molecule has 1 heterocycles. The van der Waals surface area contributed by atoms with Gasteiger partial charge < -0.3 is 14.8 Å². The SMILES string of the molecule is CCCCCCCCCCCCCCCCCCCCCCCCCCCCCCCCCCCCCCC(=O)NCCCC1OCCO1. The lowest BCUT2D eigenvalue weighted by Gasteiger charge is -2.09. The molecule has 0 bridgehead atoms. The zero-order valence-corrected chi connectivity index (χ0v) is 33.5. The van der Waals surface area contributed by atoms with Gasteiger partial charge in [-0.1, -0.05) is 232 Å². The molecular formula is C45H89NO3.